The minimum Gasteiger partial charge on any atom is -0.334 e. The molecule has 0 atom stereocenters. The van der Waals surface area contributed by atoms with Gasteiger partial charge < -0.3 is 4.90 Å². The third kappa shape index (κ3) is 3.22. The summed E-state index contributed by atoms with van der Waals surface area (Å²) in [4.78, 5) is 31.3. The number of fused-ring (bicyclic) bond motifs is 1. The minimum atomic E-state index is -0.324. The highest BCUT2D eigenvalue weighted by molar-refractivity contribution is 5.79. The van der Waals surface area contributed by atoms with E-state index in [2.05, 4.69) is 4.98 Å². The molecule has 0 bridgehead atoms. The topological polar surface area (TPSA) is 55.2 Å². The van der Waals surface area contributed by atoms with Gasteiger partial charge in [0.25, 0.3) is 5.56 Å². The van der Waals surface area contributed by atoms with Crippen LogP contribution in [0.3, 0.4) is 0 Å². The Labute approximate surface area is 149 Å². The number of nitrogens with zero attached hydrogens (tertiary/aromatic N) is 3. The van der Waals surface area contributed by atoms with Crippen molar-refractivity contribution < 1.29 is 9.18 Å². The van der Waals surface area contributed by atoms with Crippen LogP contribution in [0.25, 0.3) is 10.9 Å². The van der Waals surface area contributed by atoms with E-state index in [-0.39, 0.29) is 36.4 Å². The maximum absolute atomic E-state index is 14.0. The van der Waals surface area contributed by atoms with Gasteiger partial charge in [-0.2, -0.15) is 0 Å². The van der Waals surface area contributed by atoms with Crippen LogP contribution in [-0.4, -0.2) is 26.4 Å². The molecule has 1 amide bonds. The molecule has 1 aliphatic rings. The maximum Gasteiger partial charge on any atom is 0.261 e. The molecule has 0 saturated heterocycles. The van der Waals surface area contributed by atoms with Gasteiger partial charge >= 0.3 is 0 Å². The summed E-state index contributed by atoms with van der Waals surface area (Å²) >= 11 is 0. The molecule has 0 spiro atoms. The number of carbonyl (C=O) groups is 1. The van der Waals surface area contributed by atoms with E-state index in [0.717, 1.165) is 12.8 Å². The van der Waals surface area contributed by atoms with Crippen LogP contribution >= 0.6 is 0 Å². The van der Waals surface area contributed by atoms with Crippen molar-refractivity contribution in [1.29, 1.82) is 0 Å². The molecule has 0 N–H and O–H groups in total. The van der Waals surface area contributed by atoms with E-state index in [1.54, 1.807) is 41.3 Å². The van der Waals surface area contributed by atoms with Gasteiger partial charge in [-0.3, -0.25) is 14.2 Å². The van der Waals surface area contributed by atoms with E-state index in [0.29, 0.717) is 16.5 Å². The van der Waals surface area contributed by atoms with Gasteiger partial charge in [-0.1, -0.05) is 30.3 Å². The second-order valence-corrected chi connectivity index (χ2v) is 6.54. The first-order valence-electron chi connectivity index (χ1n) is 8.60. The Morgan fingerprint density at radius 2 is 1.88 bits per heavy atom. The van der Waals surface area contributed by atoms with Gasteiger partial charge in [0, 0.05) is 18.2 Å². The number of amides is 1. The molecule has 1 aromatic heterocycles. The minimum absolute atomic E-state index is 0.0956. The third-order valence-electron chi connectivity index (χ3n) is 4.64. The zero-order valence-electron chi connectivity index (χ0n) is 14.1. The molecule has 4 rings (SSSR count). The van der Waals surface area contributed by atoms with Gasteiger partial charge in [0.2, 0.25) is 5.91 Å². The first-order chi connectivity index (χ1) is 12.6. The molecule has 2 aromatic carbocycles. The largest absolute Gasteiger partial charge is 0.334 e. The van der Waals surface area contributed by atoms with Gasteiger partial charge in [-0.05, 0) is 31.0 Å². The van der Waals surface area contributed by atoms with E-state index in [9.17, 15) is 14.0 Å². The van der Waals surface area contributed by atoms with Crippen LogP contribution in [0, 0.1) is 5.82 Å². The van der Waals surface area contributed by atoms with Gasteiger partial charge in [-0.25, -0.2) is 9.37 Å². The van der Waals surface area contributed by atoms with Crippen LogP contribution in [0.4, 0.5) is 4.39 Å². The van der Waals surface area contributed by atoms with Gasteiger partial charge in [0.15, 0.2) is 0 Å². The monoisotopic (exact) mass is 351 g/mol. The zero-order valence-corrected chi connectivity index (χ0v) is 14.1. The SMILES string of the molecule is O=C(Cn1cnc2ccccc2c1=O)N(Cc1ccccc1F)C1CC1. The first kappa shape index (κ1) is 16.4. The van der Waals surface area contributed by atoms with Crippen LogP contribution in [0.2, 0.25) is 0 Å². The number of halogens is 1. The normalized spacial score (nSPS) is 13.7. The Morgan fingerprint density at radius 1 is 1.15 bits per heavy atom. The standard InChI is InChI=1S/C20H18FN3O2/c21-17-7-3-1-5-14(17)11-24(15-9-10-15)19(25)12-23-13-22-18-8-4-2-6-16(18)20(23)26/h1-8,13,15H,9-12H2. The molecule has 5 nitrogen and oxygen atoms in total. The first-order valence-corrected chi connectivity index (χ1v) is 8.60. The highest BCUT2D eigenvalue weighted by Gasteiger charge is 2.33. The average Bonchev–Trinajstić information content (AvgIpc) is 3.48. The van der Waals surface area contributed by atoms with Gasteiger partial charge in [0.1, 0.15) is 12.4 Å². The van der Waals surface area contributed by atoms with Gasteiger partial charge in [0.05, 0.1) is 17.2 Å². The molecule has 6 heteroatoms. The number of para-hydroxylation sites is 1. The molecule has 0 aliphatic heterocycles. The van der Waals surface area contributed by atoms with E-state index in [1.807, 2.05) is 6.07 Å². The lowest BCUT2D eigenvalue weighted by Crippen LogP contribution is -2.37. The Balaban J connectivity index is 1.59. The second kappa shape index (κ2) is 6.71. The highest BCUT2D eigenvalue weighted by atomic mass is 19.1. The molecule has 26 heavy (non-hydrogen) atoms. The summed E-state index contributed by atoms with van der Waals surface area (Å²) in [7, 11) is 0. The molecule has 1 saturated carbocycles. The lowest BCUT2D eigenvalue weighted by atomic mass is 10.2. The second-order valence-electron chi connectivity index (χ2n) is 6.54. The Morgan fingerprint density at radius 3 is 2.65 bits per heavy atom. The van der Waals surface area contributed by atoms with Crippen molar-refractivity contribution in [3.05, 3.63) is 76.6 Å². The smallest absolute Gasteiger partial charge is 0.261 e. The van der Waals surface area contributed by atoms with Crippen molar-refractivity contribution in [3.63, 3.8) is 0 Å². The Kier molecular flexibility index (Phi) is 4.24. The summed E-state index contributed by atoms with van der Waals surface area (Å²) in [6.45, 7) is 0.119. The van der Waals surface area contributed by atoms with E-state index >= 15 is 0 Å². The fourth-order valence-corrected chi connectivity index (χ4v) is 3.07. The number of hydrogen-bond acceptors (Lipinski definition) is 3. The Bertz CT molecular complexity index is 1030. The number of hydrogen-bond donors (Lipinski definition) is 0. The van der Waals surface area contributed by atoms with Crippen LogP contribution in [0.5, 0.6) is 0 Å². The molecule has 0 radical (unpaired) electrons. The van der Waals surface area contributed by atoms with Crippen molar-refractivity contribution in [2.75, 3.05) is 0 Å². The summed E-state index contributed by atoms with van der Waals surface area (Å²) in [5, 5.41) is 0.481. The van der Waals surface area contributed by atoms with E-state index < -0.39 is 0 Å². The highest BCUT2D eigenvalue weighted by Crippen LogP contribution is 2.29. The predicted molar refractivity (Wildman–Crippen MR) is 96.0 cm³/mol. The summed E-state index contributed by atoms with van der Waals surface area (Å²) < 4.78 is 15.3. The average molecular weight is 351 g/mol. The van der Waals surface area contributed by atoms with Crippen LogP contribution < -0.4 is 5.56 Å². The molecule has 3 aromatic rings. The lowest BCUT2D eigenvalue weighted by molar-refractivity contribution is -0.133. The van der Waals surface area contributed by atoms with Crippen LogP contribution in [-0.2, 0) is 17.9 Å². The van der Waals surface area contributed by atoms with Crippen molar-refractivity contribution in [3.8, 4) is 0 Å². The number of aromatic nitrogens is 2. The predicted octanol–water partition coefficient (Wildman–Crippen LogP) is 2.73. The summed E-state index contributed by atoms with van der Waals surface area (Å²) in [6.07, 6.45) is 3.22. The van der Waals surface area contributed by atoms with Crippen molar-refractivity contribution in [2.24, 2.45) is 0 Å². The molecular formula is C20H18FN3O2. The number of rotatable bonds is 5. The zero-order chi connectivity index (χ0) is 18.1. The summed E-state index contributed by atoms with van der Waals surface area (Å²) in [5.74, 6) is -0.523. The summed E-state index contributed by atoms with van der Waals surface area (Å²) in [5.41, 5.74) is 0.842. The van der Waals surface area contributed by atoms with Crippen molar-refractivity contribution in [1.82, 2.24) is 14.5 Å². The van der Waals surface area contributed by atoms with E-state index in [1.165, 1.54) is 17.0 Å². The number of benzene rings is 2. The molecule has 132 valence electrons. The molecular weight excluding hydrogens is 333 g/mol. The lowest BCUT2D eigenvalue weighted by Gasteiger charge is -2.23. The van der Waals surface area contributed by atoms with Crippen LogP contribution in [0.1, 0.15) is 18.4 Å². The Hall–Kier alpha value is -3.02. The number of carbonyl (C=O) groups excluding carboxylic acids is 1. The third-order valence-corrected chi connectivity index (χ3v) is 4.64. The van der Waals surface area contributed by atoms with E-state index in [4.69, 9.17) is 0 Å². The molecule has 1 aliphatic carbocycles. The molecule has 1 heterocycles. The fourth-order valence-electron chi connectivity index (χ4n) is 3.07. The molecule has 1 fully saturated rings. The maximum atomic E-state index is 14.0. The van der Waals surface area contributed by atoms with Crippen molar-refractivity contribution >= 4 is 16.8 Å². The summed E-state index contributed by atoms with van der Waals surface area (Å²) in [6, 6.07) is 13.6. The fraction of sp³-hybridized carbons (Fsp3) is 0.250. The van der Waals surface area contributed by atoms with Gasteiger partial charge in [-0.15, -0.1) is 0 Å². The van der Waals surface area contributed by atoms with Crippen LogP contribution in [0.15, 0.2) is 59.7 Å². The van der Waals surface area contributed by atoms with Crippen molar-refractivity contribution in [2.45, 2.75) is 32.0 Å². The molecule has 0 unspecified atom stereocenters. The quantitative estimate of drug-likeness (QED) is 0.710.